The fourth-order valence-corrected chi connectivity index (χ4v) is 3.25. The van der Waals surface area contributed by atoms with Gasteiger partial charge >= 0.3 is 6.03 Å². The summed E-state index contributed by atoms with van der Waals surface area (Å²) in [7, 11) is 1.57. The van der Waals surface area contributed by atoms with Gasteiger partial charge in [0.2, 0.25) is 0 Å². The summed E-state index contributed by atoms with van der Waals surface area (Å²) in [5.41, 5.74) is 2.72. The van der Waals surface area contributed by atoms with E-state index in [1.165, 1.54) is 6.20 Å². The van der Waals surface area contributed by atoms with Crippen LogP contribution in [0.1, 0.15) is 10.4 Å². The average molecular weight is 462 g/mol. The highest BCUT2D eigenvalue weighted by atomic mass is 35.5. The Hall–Kier alpha value is -4.30. The maximum atomic E-state index is 12.7. The number of nitrogens with one attached hydrogen (secondary N) is 3. The molecule has 9 heteroatoms. The van der Waals surface area contributed by atoms with E-state index in [0.29, 0.717) is 39.1 Å². The SMILES string of the molecule is COc1cccc(NC(=O)c2cccc(-n3cc(NC(=O)Nc4ccccc4Cl)cn3)c2)c1. The third-order valence-electron chi connectivity index (χ3n) is 4.66. The van der Waals surface area contributed by atoms with Gasteiger partial charge in [0, 0.05) is 17.3 Å². The first-order chi connectivity index (χ1) is 16.0. The van der Waals surface area contributed by atoms with E-state index in [4.69, 9.17) is 16.3 Å². The number of nitrogens with zero attached hydrogens (tertiary/aromatic N) is 2. The highest BCUT2D eigenvalue weighted by Crippen LogP contribution is 2.21. The molecule has 8 nitrogen and oxygen atoms in total. The van der Waals surface area contributed by atoms with Gasteiger partial charge in [0.05, 0.1) is 41.6 Å². The van der Waals surface area contributed by atoms with Crippen molar-refractivity contribution in [3.05, 3.63) is 95.8 Å². The minimum atomic E-state index is -0.450. The van der Waals surface area contributed by atoms with Gasteiger partial charge in [-0.25, -0.2) is 9.48 Å². The van der Waals surface area contributed by atoms with Crippen LogP contribution in [-0.2, 0) is 0 Å². The Labute approximate surface area is 195 Å². The fraction of sp³-hybridized carbons (Fsp3) is 0.0417. The van der Waals surface area contributed by atoms with Crippen molar-refractivity contribution in [3.63, 3.8) is 0 Å². The molecule has 0 spiro atoms. The molecule has 0 fully saturated rings. The van der Waals surface area contributed by atoms with Gasteiger partial charge in [0.25, 0.3) is 5.91 Å². The molecule has 0 bridgehead atoms. The maximum Gasteiger partial charge on any atom is 0.323 e. The molecule has 0 aliphatic carbocycles. The number of amides is 3. The molecule has 33 heavy (non-hydrogen) atoms. The number of hydrogen-bond donors (Lipinski definition) is 3. The number of anilines is 3. The summed E-state index contributed by atoms with van der Waals surface area (Å²) < 4.78 is 6.75. The van der Waals surface area contributed by atoms with Crippen molar-refractivity contribution in [1.82, 2.24) is 9.78 Å². The van der Waals surface area contributed by atoms with Gasteiger partial charge in [0.1, 0.15) is 5.75 Å². The van der Waals surface area contributed by atoms with Gasteiger partial charge in [-0.15, -0.1) is 0 Å². The lowest BCUT2D eigenvalue weighted by Crippen LogP contribution is -2.19. The Kier molecular flexibility index (Phi) is 6.56. The van der Waals surface area contributed by atoms with E-state index in [0.717, 1.165) is 0 Å². The first kappa shape index (κ1) is 21.9. The highest BCUT2D eigenvalue weighted by Gasteiger charge is 2.11. The molecular weight excluding hydrogens is 442 g/mol. The van der Waals surface area contributed by atoms with E-state index >= 15 is 0 Å². The Bertz CT molecular complexity index is 1300. The van der Waals surface area contributed by atoms with Gasteiger partial charge in [-0.3, -0.25) is 4.79 Å². The number of ether oxygens (including phenoxy) is 1. The molecule has 0 saturated carbocycles. The molecule has 0 radical (unpaired) electrons. The second-order valence-electron chi connectivity index (χ2n) is 6.97. The third-order valence-corrected chi connectivity index (χ3v) is 4.99. The second-order valence-corrected chi connectivity index (χ2v) is 7.38. The Balaban J connectivity index is 1.44. The smallest absolute Gasteiger partial charge is 0.323 e. The van der Waals surface area contributed by atoms with Crippen molar-refractivity contribution in [1.29, 1.82) is 0 Å². The summed E-state index contributed by atoms with van der Waals surface area (Å²) in [6.45, 7) is 0. The van der Waals surface area contributed by atoms with E-state index in [-0.39, 0.29) is 5.91 Å². The summed E-state index contributed by atoms with van der Waals surface area (Å²) in [6, 6.07) is 20.6. The normalized spacial score (nSPS) is 10.4. The molecule has 1 heterocycles. The van der Waals surface area contributed by atoms with Gasteiger partial charge in [0.15, 0.2) is 0 Å². The molecule has 0 aliphatic rings. The van der Waals surface area contributed by atoms with E-state index in [9.17, 15) is 9.59 Å². The van der Waals surface area contributed by atoms with Crippen LogP contribution in [0.4, 0.5) is 21.9 Å². The van der Waals surface area contributed by atoms with Crippen LogP contribution in [0.15, 0.2) is 85.2 Å². The number of carbonyl (C=O) groups excluding carboxylic acids is 2. The molecule has 166 valence electrons. The van der Waals surface area contributed by atoms with Crippen LogP contribution in [0.5, 0.6) is 5.75 Å². The van der Waals surface area contributed by atoms with Crippen molar-refractivity contribution in [3.8, 4) is 11.4 Å². The lowest BCUT2D eigenvalue weighted by molar-refractivity contribution is 0.102. The minimum absolute atomic E-state index is 0.269. The summed E-state index contributed by atoms with van der Waals surface area (Å²) >= 11 is 6.06. The summed E-state index contributed by atoms with van der Waals surface area (Å²) in [5.74, 6) is 0.381. The van der Waals surface area contributed by atoms with Gasteiger partial charge in [-0.1, -0.05) is 35.9 Å². The van der Waals surface area contributed by atoms with Crippen LogP contribution >= 0.6 is 11.6 Å². The monoisotopic (exact) mass is 461 g/mol. The van der Waals surface area contributed by atoms with Crippen LogP contribution in [0.3, 0.4) is 0 Å². The number of carbonyl (C=O) groups is 2. The molecule has 0 atom stereocenters. The van der Waals surface area contributed by atoms with E-state index in [2.05, 4.69) is 21.0 Å². The lowest BCUT2D eigenvalue weighted by atomic mass is 10.2. The maximum absolute atomic E-state index is 12.7. The van der Waals surface area contributed by atoms with Gasteiger partial charge in [-0.2, -0.15) is 5.10 Å². The number of para-hydroxylation sites is 1. The molecule has 4 aromatic rings. The Morgan fingerprint density at radius 3 is 2.55 bits per heavy atom. The molecule has 4 rings (SSSR count). The average Bonchev–Trinajstić information content (AvgIpc) is 3.29. The van der Waals surface area contributed by atoms with E-state index < -0.39 is 6.03 Å². The number of halogens is 1. The molecule has 0 unspecified atom stereocenters. The van der Waals surface area contributed by atoms with Crippen molar-refractivity contribution in [2.24, 2.45) is 0 Å². The highest BCUT2D eigenvalue weighted by molar-refractivity contribution is 6.33. The van der Waals surface area contributed by atoms with Crippen LogP contribution in [0.25, 0.3) is 5.69 Å². The van der Waals surface area contributed by atoms with Crippen molar-refractivity contribution in [2.45, 2.75) is 0 Å². The predicted molar refractivity (Wildman–Crippen MR) is 129 cm³/mol. The minimum Gasteiger partial charge on any atom is -0.497 e. The summed E-state index contributed by atoms with van der Waals surface area (Å²) in [5, 5.41) is 12.9. The standard InChI is InChI=1S/C24H20ClN5O3/c1-33-20-9-5-7-17(13-20)27-23(31)16-6-4-8-19(12-16)30-15-18(14-26-30)28-24(32)29-22-11-3-2-10-21(22)25/h2-15H,1H3,(H,27,31)(H2,28,29,32). The van der Waals surface area contributed by atoms with Gasteiger partial charge in [-0.05, 0) is 42.5 Å². The van der Waals surface area contributed by atoms with Crippen LogP contribution in [0.2, 0.25) is 5.02 Å². The quantitative estimate of drug-likeness (QED) is 0.356. The molecule has 1 aromatic heterocycles. The van der Waals surface area contributed by atoms with Crippen LogP contribution < -0.4 is 20.7 Å². The zero-order valence-electron chi connectivity index (χ0n) is 17.6. The second kappa shape index (κ2) is 9.88. The van der Waals surface area contributed by atoms with E-state index in [1.807, 2.05) is 6.07 Å². The molecule has 3 aromatic carbocycles. The predicted octanol–water partition coefficient (Wildman–Crippen LogP) is 5.43. The third kappa shape index (κ3) is 5.50. The number of aromatic nitrogens is 2. The van der Waals surface area contributed by atoms with Crippen LogP contribution in [0, 0.1) is 0 Å². The fourth-order valence-electron chi connectivity index (χ4n) is 3.07. The zero-order chi connectivity index (χ0) is 23.2. The summed E-state index contributed by atoms with van der Waals surface area (Å²) in [6.07, 6.45) is 3.15. The largest absolute Gasteiger partial charge is 0.497 e. The lowest BCUT2D eigenvalue weighted by Gasteiger charge is -2.09. The van der Waals surface area contributed by atoms with E-state index in [1.54, 1.807) is 84.7 Å². The molecule has 0 saturated heterocycles. The van der Waals surface area contributed by atoms with Crippen molar-refractivity contribution >= 4 is 40.6 Å². The van der Waals surface area contributed by atoms with Crippen molar-refractivity contribution < 1.29 is 14.3 Å². The Morgan fingerprint density at radius 2 is 1.73 bits per heavy atom. The van der Waals surface area contributed by atoms with Gasteiger partial charge < -0.3 is 20.7 Å². The molecule has 0 aliphatic heterocycles. The summed E-state index contributed by atoms with van der Waals surface area (Å²) in [4.78, 5) is 25.0. The van der Waals surface area contributed by atoms with Crippen molar-refractivity contribution in [2.75, 3.05) is 23.1 Å². The van der Waals surface area contributed by atoms with Crippen LogP contribution in [-0.4, -0.2) is 28.8 Å². The number of rotatable bonds is 6. The number of benzene rings is 3. The first-order valence-electron chi connectivity index (χ1n) is 9.95. The molecule has 3 N–H and O–H groups in total. The molecular formula is C24H20ClN5O3. The number of methoxy groups -OCH3 is 1. The first-order valence-corrected chi connectivity index (χ1v) is 10.3. The number of hydrogen-bond acceptors (Lipinski definition) is 4. The number of urea groups is 1. The Morgan fingerprint density at radius 1 is 0.909 bits per heavy atom. The molecule has 3 amide bonds. The topological polar surface area (TPSA) is 97.3 Å². The zero-order valence-corrected chi connectivity index (χ0v) is 18.3.